The minimum Gasteiger partial charge on any atom is -0.497 e. The minimum atomic E-state index is 0.0472. The van der Waals surface area contributed by atoms with E-state index in [2.05, 4.69) is 0 Å². The van der Waals surface area contributed by atoms with Crippen molar-refractivity contribution in [2.45, 2.75) is 13.3 Å². The van der Waals surface area contributed by atoms with Gasteiger partial charge >= 0.3 is 0 Å². The molecule has 0 atom stereocenters. The van der Waals surface area contributed by atoms with Gasteiger partial charge in [-0.3, -0.25) is 4.79 Å². The van der Waals surface area contributed by atoms with Crippen LogP contribution in [0.2, 0.25) is 10.0 Å². The molecule has 0 aliphatic rings. The molecule has 0 amide bonds. The molecule has 5 heteroatoms. The van der Waals surface area contributed by atoms with Gasteiger partial charge in [-0.15, -0.1) is 0 Å². The minimum absolute atomic E-state index is 0.0472. The smallest absolute Gasteiger partial charge is 0.164 e. The molecule has 3 nitrogen and oxygen atoms in total. The summed E-state index contributed by atoms with van der Waals surface area (Å²) in [6.45, 7) is 1.52. The Bertz CT molecular complexity index is 628. The number of ether oxygens (including phenoxy) is 2. The van der Waals surface area contributed by atoms with Gasteiger partial charge in [-0.2, -0.15) is 0 Å². The highest BCUT2D eigenvalue weighted by Gasteiger charge is 2.12. The van der Waals surface area contributed by atoms with Gasteiger partial charge in [0, 0.05) is 6.42 Å². The number of benzene rings is 2. The molecule has 0 aliphatic heterocycles. The van der Waals surface area contributed by atoms with E-state index in [1.54, 1.807) is 43.5 Å². The monoisotopic (exact) mass is 324 g/mol. The molecule has 0 spiro atoms. The van der Waals surface area contributed by atoms with Gasteiger partial charge in [0.05, 0.1) is 17.2 Å². The van der Waals surface area contributed by atoms with Crippen molar-refractivity contribution in [3.63, 3.8) is 0 Å². The lowest BCUT2D eigenvalue weighted by molar-refractivity contribution is -0.116. The van der Waals surface area contributed by atoms with Crippen LogP contribution in [0.4, 0.5) is 0 Å². The lowest BCUT2D eigenvalue weighted by atomic mass is 10.1. The predicted octanol–water partition coefficient (Wildman–Crippen LogP) is 4.93. The van der Waals surface area contributed by atoms with Gasteiger partial charge in [0.25, 0.3) is 0 Å². The van der Waals surface area contributed by atoms with Crippen molar-refractivity contribution in [2.24, 2.45) is 0 Å². The van der Waals surface area contributed by atoms with Crippen LogP contribution in [0.3, 0.4) is 0 Å². The van der Waals surface area contributed by atoms with E-state index < -0.39 is 0 Å². The summed E-state index contributed by atoms with van der Waals surface area (Å²) >= 11 is 12.4. The number of halogens is 2. The highest BCUT2D eigenvalue weighted by molar-refractivity contribution is 6.37. The van der Waals surface area contributed by atoms with E-state index in [4.69, 9.17) is 32.7 Å². The van der Waals surface area contributed by atoms with Crippen LogP contribution in [0.5, 0.6) is 17.2 Å². The summed E-state index contributed by atoms with van der Waals surface area (Å²) in [7, 11) is 1.59. The van der Waals surface area contributed by atoms with Crippen molar-refractivity contribution in [1.29, 1.82) is 0 Å². The highest BCUT2D eigenvalue weighted by atomic mass is 35.5. The van der Waals surface area contributed by atoms with Crippen LogP contribution in [0.1, 0.15) is 12.5 Å². The van der Waals surface area contributed by atoms with Crippen LogP contribution in [-0.2, 0) is 11.2 Å². The SMILES string of the molecule is COc1ccc(Oc2c(Cl)cc(CC(C)=O)cc2Cl)cc1. The Balaban J connectivity index is 2.24. The van der Waals surface area contributed by atoms with Gasteiger partial charge in [0.1, 0.15) is 17.3 Å². The van der Waals surface area contributed by atoms with Gasteiger partial charge in [0.15, 0.2) is 5.75 Å². The van der Waals surface area contributed by atoms with Gasteiger partial charge in [-0.25, -0.2) is 0 Å². The third-order valence-corrected chi connectivity index (χ3v) is 3.35. The molecule has 0 saturated heterocycles. The topological polar surface area (TPSA) is 35.5 Å². The Morgan fingerprint density at radius 1 is 1.05 bits per heavy atom. The Labute approximate surface area is 133 Å². The Morgan fingerprint density at radius 3 is 2.05 bits per heavy atom. The molecule has 2 rings (SSSR count). The van der Waals surface area contributed by atoms with Crippen LogP contribution in [-0.4, -0.2) is 12.9 Å². The third-order valence-electron chi connectivity index (χ3n) is 2.79. The molecule has 0 unspecified atom stereocenters. The molecule has 0 heterocycles. The zero-order chi connectivity index (χ0) is 15.4. The van der Waals surface area contributed by atoms with Gasteiger partial charge in [-0.1, -0.05) is 23.2 Å². The lowest BCUT2D eigenvalue weighted by Gasteiger charge is -2.11. The van der Waals surface area contributed by atoms with E-state index in [9.17, 15) is 4.79 Å². The molecule has 0 radical (unpaired) electrons. The quantitative estimate of drug-likeness (QED) is 0.782. The molecule has 110 valence electrons. The summed E-state index contributed by atoms with van der Waals surface area (Å²) in [5.41, 5.74) is 0.764. The number of Topliss-reactive ketones (excluding diaryl/α,β-unsaturated/α-hetero) is 1. The summed E-state index contributed by atoms with van der Waals surface area (Å²) in [6.07, 6.45) is 0.294. The number of ketones is 1. The summed E-state index contributed by atoms with van der Waals surface area (Å²) in [5, 5.41) is 0.740. The molecule has 0 bridgehead atoms. The number of carbonyl (C=O) groups excluding carboxylic acids is 1. The maximum absolute atomic E-state index is 11.1. The zero-order valence-electron chi connectivity index (χ0n) is 11.7. The van der Waals surface area contributed by atoms with E-state index >= 15 is 0 Å². The normalized spacial score (nSPS) is 10.3. The Morgan fingerprint density at radius 2 is 1.57 bits per heavy atom. The second kappa shape index (κ2) is 6.83. The molecular formula is C16H14Cl2O3. The number of methoxy groups -OCH3 is 1. The number of rotatable bonds is 5. The number of carbonyl (C=O) groups is 1. The molecule has 0 fully saturated rings. The van der Waals surface area contributed by atoms with Crippen LogP contribution in [0.15, 0.2) is 36.4 Å². The molecule has 0 saturated carbocycles. The largest absolute Gasteiger partial charge is 0.497 e. The summed E-state index contributed by atoms with van der Waals surface area (Å²) in [6, 6.07) is 10.5. The van der Waals surface area contributed by atoms with Crippen LogP contribution in [0.25, 0.3) is 0 Å². The maximum atomic E-state index is 11.1. The van der Waals surface area contributed by atoms with Gasteiger partial charge < -0.3 is 9.47 Å². The third kappa shape index (κ3) is 4.13. The molecule has 2 aromatic rings. The van der Waals surface area contributed by atoms with Crippen molar-refractivity contribution < 1.29 is 14.3 Å². The van der Waals surface area contributed by atoms with E-state index in [1.165, 1.54) is 6.92 Å². The summed E-state index contributed by atoms with van der Waals surface area (Å²) in [4.78, 5) is 11.1. The Kier molecular flexibility index (Phi) is 5.10. The highest BCUT2D eigenvalue weighted by Crippen LogP contribution is 2.37. The van der Waals surface area contributed by atoms with Crippen molar-refractivity contribution in [1.82, 2.24) is 0 Å². The second-order valence-corrected chi connectivity index (χ2v) is 5.36. The first-order chi connectivity index (χ1) is 9.99. The first kappa shape index (κ1) is 15.7. The maximum Gasteiger partial charge on any atom is 0.164 e. The van der Waals surface area contributed by atoms with Crippen molar-refractivity contribution in [3.05, 3.63) is 52.0 Å². The van der Waals surface area contributed by atoms with Crippen LogP contribution in [0, 0.1) is 0 Å². The fourth-order valence-corrected chi connectivity index (χ4v) is 2.47. The van der Waals surface area contributed by atoms with Crippen LogP contribution < -0.4 is 9.47 Å². The molecule has 0 aliphatic carbocycles. The summed E-state index contributed by atoms with van der Waals surface area (Å²) < 4.78 is 10.8. The molecular weight excluding hydrogens is 311 g/mol. The van der Waals surface area contributed by atoms with Gasteiger partial charge in [0.2, 0.25) is 0 Å². The van der Waals surface area contributed by atoms with E-state index in [1.807, 2.05) is 0 Å². The number of hydrogen-bond donors (Lipinski definition) is 0. The molecule has 0 N–H and O–H groups in total. The molecule has 21 heavy (non-hydrogen) atoms. The predicted molar refractivity (Wildman–Crippen MR) is 83.9 cm³/mol. The lowest BCUT2D eigenvalue weighted by Crippen LogP contribution is -1.97. The fourth-order valence-electron chi connectivity index (χ4n) is 1.86. The standard InChI is InChI=1S/C16H14Cl2O3/c1-10(19)7-11-8-14(17)16(15(18)9-11)21-13-5-3-12(20-2)4-6-13/h3-6,8-9H,7H2,1-2H3. The summed E-state index contributed by atoms with van der Waals surface area (Å²) in [5.74, 6) is 1.75. The Hall–Kier alpha value is -1.71. The molecule has 0 aromatic heterocycles. The van der Waals surface area contributed by atoms with E-state index in [0.29, 0.717) is 28.0 Å². The first-order valence-electron chi connectivity index (χ1n) is 6.29. The van der Waals surface area contributed by atoms with E-state index in [0.717, 1.165) is 11.3 Å². The second-order valence-electron chi connectivity index (χ2n) is 4.54. The fraction of sp³-hybridized carbons (Fsp3) is 0.188. The van der Waals surface area contributed by atoms with Crippen molar-refractivity contribution in [2.75, 3.05) is 7.11 Å². The number of hydrogen-bond acceptors (Lipinski definition) is 3. The van der Waals surface area contributed by atoms with Crippen molar-refractivity contribution >= 4 is 29.0 Å². The van der Waals surface area contributed by atoms with Crippen molar-refractivity contribution in [3.8, 4) is 17.2 Å². The zero-order valence-corrected chi connectivity index (χ0v) is 13.2. The molecule has 2 aromatic carbocycles. The van der Waals surface area contributed by atoms with Gasteiger partial charge in [-0.05, 0) is 48.9 Å². The van der Waals surface area contributed by atoms with E-state index in [-0.39, 0.29) is 5.78 Å². The van der Waals surface area contributed by atoms with Crippen LogP contribution >= 0.6 is 23.2 Å². The average Bonchev–Trinajstić information content (AvgIpc) is 2.43. The first-order valence-corrected chi connectivity index (χ1v) is 7.04. The average molecular weight is 325 g/mol.